The lowest BCUT2D eigenvalue weighted by molar-refractivity contribution is -0.167. The number of hydrogen-bond acceptors (Lipinski definition) is 7. The van der Waals surface area contributed by atoms with Crippen molar-refractivity contribution in [3.8, 4) is 11.1 Å². The molecule has 0 saturated carbocycles. The molecule has 0 aliphatic heterocycles. The number of carbonyl (C=O) groups excluding carboxylic acids is 2. The molecule has 0 radical (unpaired) electrons. The van der Waals surface area contributed by atoms with E-state index in [0.717, 1.165) is 22.3 Å². The highest BCUT2D eigenvalue weighted by Gasteiger charge is 2.45. The lowest BCUT2D eigenvalue weighted by atomic mass is 9.90. The molecule has 0 spiro atoms. The van der Waals surface area contributed by atoms with E-state index in [1.165, 1.54) is 0 Å². The number of ether oxygens (including phenoxy) is 2. The third kappa shape index (κ3) is 5.73. The SMILES string of the molecule is CC(C)(C)OC(=O)C(CCC[C@](N)(C(=O)O)C(=O)OCC1c2ccccc2-c2ccccc21)C(=O)O. The molecule has 3 rings (SSSR count). The van der Waals surface area contributed by atoms with Crippen LogP contribution in [-0.2, 0) is 28.7 Å². The summed E-state index contributed by atoms with van der Waals surface area (Å²) in [5.41, 5.74) is 6.65. The Kier molecular flexibility index (Phi) is 7.83. The Morgan fingerprint density at radius 2 is 1.47 bits per heavy atom. The van der Waals surface area contributed by atoms with Gasteiger partial charge in [-0.3, -0.25) is 9.59 Å². The van der Waals surface area contributed by atoms with Crippen molar-refractivity contribution in [3.05, 3.63) is 59.7 Å². The zero-order valence-electron chi connectivity index (χ0n) is 20.5. The van der Waals surface area contributed by atoms with E-state index < -0.39 is 47.4 Å². The fourth-order valence-electron chi connectivity index (χ4n) is 4.32. The van der Waals surface area contributed by atoms with E-state index in [2.05, 4.69) is 0 Å². The fourth-order valence-corrected chi connectivity index (χ4v) is 4.32. The van der Waals surface area contributed by atoms with Gasteiger partial charge < -0.3 is 25.4 Å². The highest BCUT2D eigenvalue weighted by Crippen LogP contribution is 2.44. The van der Waals surface area contributed by atoms with Gasteiger partial charge in [0.25, 0.3) is 0 Å². The summed E-state index contributed by atoms with van der Waals surface area (Å²) in [6.45, 7) is 4.72. The van der Waals surface area contributed by atoms with Crippen LogP contribution in [-0.4, -0.2) is 51.8 Å². The van der Waals surface area contributed by atoms with Gasteiger partial charge in [0, 0.05) is 5.92 Å². The predicted molar refractivity (Wildman–Crippen MR) is 130 cm³/mol. The van der Waals surface area contributed by atoms with Crippen LogP contribution < -0.4 is 5.73 Å². The number of fused-ring (bicyclic) bond motifs is 3. The molecule has 1 unspecified atom stereocenters. The molecular weight excluding hydrogens is 466 g/mol. The molecule has 0 aromatic heterocycles. The van der Waals surface area contributed by atoms with E-state index >= 15 is 0 Å². The maximum atomic E-state index is 12.9. The monoisotopic (exact) mass is 497 g/mol. The molecule has 0 fully saturated rings. The number of aliphatic carboxylic acids is 2. The minimum absolute atomic E-state index is 0.102. The minimum atomic E-state index is -2.39. The molecule has 1 aliphatic carbocycles. The lowest BCUT2D eigenvalue weighted by Gasteiger charge is -2.25. The summed E-state index contributed by atoms with van der Waals surface area (Å²) in [5.74, 6) is -6.84. The first-order chi connectivity index (χ1) is 16.8. The van der Waals surface area contributed by atoms with Crippen LogP contribution in [0.2, 0.25) is 0 Å². The Morgan fingerprint density at radius 1 is 0.944 bits per heavy atom. The summed E-state index contributed by atoms with van der Waals surface area (Å²) in [7, 11) is 0. The van der Waals surface area contributed by atoms with Crippen LogP contribution in [0.4, 0.5) is 0 Å². The van der Waals surface area contributed by atoms with Crippen molar-refractivity contribution >= 4 is 23.9 Å². The van der Waals surface area contributed by atoms with Crippen LogP contribution in [0, 0.1) is 5.92 Å². The first-order valence-corrected chi connectivity index (χ1v) is 11.7. The molecule has 4 N–H and O–H groups in total. The van der Waals surface area contributed by atoms with Gasteiger partial charge in [-0.1, -0.05) is 48.5 Å². The Balaban J connectivity index is 1.68. The molecule has 1 aliphatic rings. The molecule has 9 nitrogen and oxygen atoms in total. The van der Waals surface area contributed by atoms with E-state index in [1.807, 2.05) is 48.5 Å². The predicted octanol–water partition coefficient (Wildman–Crippen LogP) is 3.34. The van der Waals surface area contributed by atoms with Gasteiger partial charge in [0.05, 0.1) is 0 Å². The summed E-state index contributed by atoms with van der Waals surface area (Å²) < 4.78 is 10.6. The average Bonchev–Trinajstić information content (AvgIpc) is 3.12. The summed E-state index contributed by atoms with van der Waals surface area (Å²) in [6.07, 6.45) is -0.776. The maximum absolute atomic E-state index is 12.9. The smallest absolute Gasteiger partial charge is 0.337 e. The van der Waals surface area contributed by atoms with Crippen LogP contribution >= 0.6 is 0 Å². The van der Waals surface area contributed by atoms with E-state index in [-0.39, 0.29) is 25.4 Å². The number of carboxylic acid groups (broad SMARTS) is 2. The van der Waals surface area contributed by atoms with Crippen molar-refractivity contribution in [1.82, 2.24) is 0 Å². The van der Waals surface area contributed by atoms with Crippen LogP contribution in [0.15, 0.2) is 48.5 Å². The zero-order valence-corrected chi connectivity index (χ0v) is 20.5. The van der Waals surface area contributed by atoms with Crippen molar-refractivity contribution in [2.75, 3.05) is 6.61 Å². The first-order valence-electron chi connectivity index (χ1n) is 11.7. The fraction of sp³-hybridized carbons (Fsp3) is 0.407. The van der Waals surface area contributed by atoms with Gasteiger partial charge in [-0.05, 0) is 62.3 Å². The molecule has 0 amide bonds. The minimum Gasteiger partial charge on any atom is -0.481 e. The van der Waals surface area contributed by atoms with Crippen LogP contribution in [0.3, 0.4) is 0 Å². The second kappa shape index (κ2) is 10.5. The largest absolute Gasteiger partial charge is 0.481 e. The Labute approximate surface area is 209 Å². The highest BCUT2D eigenvalue weighted by atomic mass is 16.6. The number of nitrogens with two attached hydrogens (primary N) is 1. The van der Waals surface area contributed by atoms with Crippen LogP contribution in [0.1, 0.15) is 57.1 Å². The van der Waals surface area contributed by atoms with Crippen molar-refractivity contribution in [2.45, 2.75) is 57.1 Å². The van der Waals surface area contributed by atoms with Crippen LogP contribution in [0.25, 0.3) is 11.1 Å². The molecule has 0 heterocycles. The Hall–Kier alpha value is -3.72. The summed E-state index contributed by atoms with van der Waals surface area (Å²) >= 11 is 0. The topological polar surface area (TPSA) is 153 Å². The van der Waals surface area contributed by atoms with Crippen LogP contribution in [0.5, 0.6) is 0 Å². The molecular formula is C27H31NO8. The van der Waals surface area contributed by atoms with E-state index in [9.17, 15) is 29.4 Å². The molecule has 192 valence electrons. The number of rotatable bonds is 10. The summed E-state index contributed by atoms with van der Waals surface area (Å²) in [6, 6.07) is 15.4. The number of benzene rings is 2. The number of hydrogen-bond donors (Lipinski definition) is 3. The normalized spacial score (nSPS) is 15.2. The molecule has 2 aromatic carbocycles. The van der Waals surface area contributed by atoms with Crippen molar-refractivity contribution in [1.29, 1.82) is 0 Å². The quantitative estimate of drug-likeness (QED) is 0.331. The Bertz CT molecular complexity index is 1120. The summed E-state index contributed by atoms with van der Waals surface area (Å²) in [4.78, 5) is 48.6. The van der Waals surface area contributed by atoms with Crippen molar-refractivity contribution in [3.63, 3.8) is 0 Å². The molecule has 0 bridgehead atoms. The third-order valence-electron chi connectivity index (χ3n) is 6.14. The second-order valence-electron chi connectivity index (χ2n) is 9.92. The van der Waals surface area contributed by atoms with E-state index in [4.69, 9.17) is 15.2 Å². The van der Waals surface area contributed by atoms with Gasteiger partial charge in [-0.2, -0.15) is 0 Å². The van der Waals surface area contributed by atoms with E-state index in [0.29, 0.717) is 0 Å². The van der Waals surface area contributed by atoms with Gasteiger partial charge in [0.2, 0.25) is 5.54 Å². The van der Waals surface area contributed by atoms with Gasteiger partial charge in [-0.25, -0.2) is 9.59 Å². The van der Waals surface area contributed by atoms with Gasteiger partial charge in [0.1, 0.15) is 12.2 Å². The maximum Gasteiger partial charge on any atom is 0.337 e. The standard InChI is InChI=1S/C27H31NO8/c1-26(2,3)36-23(31)20(22(29)30)13-8-14-27(28,24(32)33)25(34)35-15-21-18-11-6-4-9-16(18)17-10-5-7-12-19(17)21/h4-7,9-12,20-21H,8,13-15,28H2,1-3H3,(H,29,30)(H,32,33)/t20?,27-/m0/s1. The molecule has 2 atom stereocenters. The zero-order chi connectivity index (χ0) is 26.7. The van der Waals surface area contributed by atoms with Gasteiger partial charge in [0.15, 0.2) is 5.92 Å². The molecule has 9 heteroatoms. The number of carbonyl (C=O) groups is 4. The van der Waals surface area contributed by atoms with Gasteiger partial charge in [-0.15, -0.1) is 0 Å². The average molecular weight is 498 g/mol. The van der Waals surface area contributed by atoms with Crippen molar-refractivity contribution < 1.29 is 38.9 Å². The first kappa shape index (κ1) is 26.9. The lowest BCUT2D eigenvalue weighted by Crippen LogP contribution is -2.56. The molecule has 2 aromatic rings. The molecule has 0 saturated heterocycles. The van der Waals surface area contributed by atoms with Gasteiger partial charge >= 0.3 is 23.9 Å². The van der Waals surface area contributed by atoms with Crippen molar-refractivity contribution in [2.24, 2.45) is 11.7 Å². The summed E-state index contributed by atoms with van der Waals surface area (Å²) in [5, 5.41) is 19.1. The molecule has 36 heavy (non-hydrogen) atoms. The second-order valence-corrected chi connectivity index (χ2v) is 9.92. The van der Waals surface area contributed by atoms with E-state index in [1.54, 1.807) is 20.8 Å². The number of esters is 2. The number of carboxylic acids is 2. The highest BCUT2D eigenvalue weighted by molar-refractivity contribution is 6.03. The third-order valence-corrected chi connectivity index (χ3v) is 6.14. The Morgan fingerprint density at radius 3 is 1.94 bits per heavy atom.